The lowest BCUT2D eigenvalue weighted by Crippen LogP contribution is -2.41. The molecule has 2 aromatic rings. The Morgan fingerprint density at radius 2 is 2.04 bits per heavy atom. The van der Waals surface area contributed by atoms with Crippen LogP contribution in [0.25, 0.3) is 4.85 Å². The number of aromatic amines is 1. The molecule has 0 spiro atoms. The van der Waals surface area contributed by atoms with Crippen LogP contribution >= 0.6 is 0 Å². The van der Waals surface area contributed by atoms with E-state index in [9.17, 15) is 10.5 Å². The van der Waals surface area contributed by atoms with Gasteiger partial charge in [0.2, 0.25) is 11.8 Å². The zero-order chi connectivity index (χ0) is 19.1. The zero-order valence-corrected chi connectivity index (χ0v) is 14.6. The number of nitrogens with two attached hydrogens (primary N) is 1. The van der Waals surface area contributed by atoms with Crippen LogP contribution in [0.1, 0.15) is 36.2 Å². The molecule has 1 aliphatic heterocycles. The summed E-state index contributed by atoms with van der Waals surface area (Å²) in [7, 11) is 0. The van der Waals surface area contributed by atoms with Crippen molar-refractivity contribution in [2.75, 3.05) is 0 Å². The number of nitriles is 2. The van der Waals surface area contributed by atoms with Crippen LogP contribution in [-0.4, -0.2) is 10.2 Å². The molecule has 0 saturated heterocycles. The summed E-state index contributed by atoms with van der Waals surface area (Å²) in [6.45, 7) is 13.1. The number of rotatable bonds is 2. The number of fused-ring (bicyclic) bond motifs is 1. The van der Waals surface area contributed by atoms with Gasteiger partial charge in [0.1, 0.15) is 11.6 Å². The zero-order valence-electron chi connectivity index (χ0n) is 14.6. The van der Waals surface area contributed by atoms with Crippen molar-refractivity contribution in [1.29, 1.82) is 10.5 Å². The summed E-state index contributed by atoms with van der Waals surface area (Å²) in [6, 6.07) is 9.18. The summed E-state index contributed by atoms with van der Waals surface area (Å²) in [6.07, 6.45) is 0. The van der Waals surface area contributed by atoms with Crippen LogP contribution in [0.15, 0.2) is 29.7 Å². The van der Waals surface area contributed by atoms with E-state index < -0.39 is 5.41 Å². The van der Waals surface area contributed by atoms with Gasteiger partial charge in [0.25, 0.3) is 0 Å². The fraction of sp³-hybridized carbons (Fsp3) is 0.263. The smallest absolute Gasteiger partial charge is 0.244 e. The van der Waals surface area contributed by atoms with Gasteiger partial charge in [-0.05, 0) is 30.5 Å². The highest BCUT2D eigenvalue weighted by molar-refractivity contribution is 5.65. The van der Waals surface area contributed by atoms with Gasteiger partial charge in [-0.2, -0.15) is 10.5 Å². The average Bonchev–Trinajstić information content (AvgIpc) is 3.00. The molecule has 1 aromatic carbocycles. The molecule has 0 amide bonds. The van der Waals surface area contributed by atoms with Gasteiger partial charge in [0, 0.05) is 11.3 Å². The molecule has 1 atom stereocenters. The second-order valence-corrected chi connectivity index (χ2v) is 6.44. The Bertz CT molecular complexity index is 1020. The second kappa shape index (κ2) is 5.95. The first kappa shape index (κ1) is 17.1. The van der Waals surface area contributed by atoms with Crippen molar-refractivity contribution in [1.82, 2.24) is 10.2 Å². The molecule has 0 fully saturated rings. The fourth-order valence-corrected chi connectivity index (χ4v) is 3.73. The molecular formula is C19H16N6O. The van der Waals surface area contributed by atoms with Crippen molar-refractivity contribution < 1.29 is 4.74 Å². The molecule has 7 heteroatoms. The average molecular weight is 344 g/mol. The van der Waals surface area contributed by atoms with E-state index >= 15 is 0 Å². The normalized spacial score (nSPS) is 18.5. The number of aryl methyl sites for hydroxylation is 1. The minimum atomic E-state index is -0.976. The highest BCUT2D eigenvalue weighted by Crippen LogP contribution is 2.52. The molecular weight excluding hydrogens is 328 g/mol. The van der Waals surface area contributed by atoms with E-state index in [0.717, 1.165) is 5.69 Å². The molecule has 1 unspecified atom stereocenters. The van der Waals surface area contributed by atoms with Crippen LogP contribution in [0.2, 0.25) is 0 Å². The van der Waals surface area contributed by atoms with Crippen LogP contribution in [0.5, 0.6) is 5.88 Å². The first-order valence-corrected chi connectivity index (χ1v) is 7.96. The molecule has 2 heterocycles. The van der Waals surface area contributed by atoms with Gasteiger partial charge in [0.05, 0.1) is 23.6 Å². The van der Waals surface area contributed by atoms with Crippen molar-refractivity contribution in [3.05, 3.63) is 63.5 Å². The van der Waals surface area contributed by atoms with Crippen LogP contribution in [0.3, 0.4) is 0 Å². The summed E-state index contributed by atoms with van der Waals surface area (Å²) < 4.78 is 5.56. The van der Waals surface area contributed by atoms with Gasteiger partial charge in [0.15, 0.2) is 5.69 Å². The Balaban J connectivity index is 2.51. The highest BCUT2D eigenvalue weighted by atomic mass is 16.5. The third-order valence-corrected chi connectivity index (χ3v) is 4.76. The number of H-pyrrole nitrogens is 1. The maximum atomic E-state index is 9.89. The minimum absolute atomic E-state index is 0.0214. The molecule has 0 saturated carbocycles. The minimum Gasteiger partial charge on any atom is -0.420 e. The molecule has 1 aliphatic rings. The molecule has 0 bridgehead atoms. The molecule has 26 heavy (non-hydrogen) atoms. The standard InChI is InChI=1S/C19H16N6O/c1-10(2)19(13-5-12(8-20)6-14(7-13)23-4)15(9-21)17(22)26-18-16(19)11(3)24-25-18/h5-7,10H,22H2,1-3H3,(H,24,25). The van der Waals surface area contributed by atoms with Gasteiger partial charge in [-0.1, -0.05) is 19.9 Å². The van der Waals surface area contributed by atoms with Crippen molar-refractivity contribution >= 4 is 5.69 Å². The fourth-order valence-electron chi connectivity index (χ4n) is 3.73. The molecule has 1 aromatic heterocycles. The summed E-state index contributed by atoms with van der Waals surface area (Å²) in [5.74, 6) is 0.161. The van der Waals surface area contributed by atoms with E-state index in [4.69, 9.17) is 17.0 Å². The Kier molecular flexibility index (Phi) is 3.91. The number of nitrogens with zero attached hydrogens (tertiary/aromatic N) is 4. The lowest BCUT2D eigenvalue weighted by atomic mass is 9.61. The van der Waals surface area contributed by atoms with E-state index in [1.807, 2.05) is 20.8 Å². The third-order valence-electron chi connectivity index (χ3n) is 4.76. The summed E-state index contributed by atoms with van der Waals surface area (Å²) in [4.78, 5) is 3.48. The lowest BCUT2D eigenvalue weighted by molar-refractivity contribution is 0.323. The van der Waals surface area contributed by atoms with Gasteiger partial charge < -0.3 is 10.5 Å². The maximum Gasteiger partial charge on any atom is 0.244 e. The van der Waals surface area contributed by atoms with Gasteiger partial charge in [-0.3, -0.25) is 5.10 Å². The Morgan fingerprint density at radius 3 is 2.62 bits per heavy atom. The van der Waals surface area contributed by atoms with Crippen molar-refractivity contribution in [3.63, 3.8) is 0 Å². The van der Waals surface area contributed by atoms with Gasteiger partial charge >= 0.3 is 0 Å². The first-order valence-electron chi connectivity index (χ1n) is 7.96. The lowest BCUT2D eigenvalue weighted by Gasteiger charge is -2.41. The van der Waals surface area contributed by atoms with Crippen LogP contribution in [-0.2, 0) is 5.41 Å². The third kappa shape index (κ3) is 2.13. The van der Waals surface area contributed by atoms with Crippen LogP contribution < -0.4 is 10.5 Å². The van der Waals surface area contributed by atoms with E-state index in [2.05, 4.69) is 27.2 Å². The topological polar surface area (TPSA) is 116 Å². The van der Waals surface area contributed by atoms with E-state index in [-0.39, 0.29) is 17.4 Å². The number of nitrogens with one attached hydrogen (secondary N) is 1. The van der Waals surface area contributed by atoms with Crippen molar-refractivity contribution in [2.45, 2.75) is 26.2 Å². The first-order chi connectivity index (χ1) is 12.4. The molecule has 3 N–H and O–H groups in total. The largest absolute Gasteiger partial charge is 0.420 e. The number of benzene rings is 1. The molecule has 0 radical (unpaired) electrons. The molecule has 0 aliphatic carbocycles. The van der Waals surface area contributed by atoms with Gasteiger partial charge in [-0.15, -0.1) is 5.10 Å². The Hall–Kier alpha value is -3.76. The van der Waals surface area contributed by atoms with Crippen LogP contribution in [0, 0.1) is 42.1 Å². The molecule has 3 rings (SSSR count). The molecule has 7 nitrogen and oxygen atoms in total. The Labute approximate surface area is 151 Å². The monoisotopic (exact) mass is 344 g/mol. The molecule has 128 valence electrons. The summed E-state index contributed by atoms with van der Waals surface area (Å²) in [5, 5.41) is 26.3. The highest BCUT2D eigenvalue weighted by Gasteiger charge is 2.50. The van der Waals surface area contributed by atoms with Crippen molar-refractivity contribution in [3.8, 4) is 18.0 Å². The number of hydrogen-bond donors (Lipinski definition) is 2. The number of ether oxygens (including phenoxy) is 1. The number of aromatic nitrogens is 2. The number of hydrogen-bond acceptors (Lipinski definition) is 5. The van der Waals surface area contributed by atoms with E-state index in [1.54, 1.807) is 12.1 Å². The van der Waals surface area contributed by atoms with E-state index in [1.165, 1.54) is 6.07 Å². The quantitative estimate of drug-likeness (QED) is 0.812. The maximum absolute atomic E-state index is 9.89. The van der Waals surface area contributed by atoms with Crippen LogP contribution in [0.4, 0.5) is 5.69 Å². The second-order valence-electron chi connectivity index (χ2n) is 6.44. The van der Waals surface area contributed by atoms with E-state index in [0.29, 0.717) is 28.3 Å². The van der Waals surface area contributed by atoms with Crippen molar-refractivity contribution in [2.24, 2.45) is 11.7 Å². The SMILES string of the molecule is [C-]#[N+]c1cc(C#N)cc(C2(C(C)C)C(C#N)=C(N)Oc3n[nH]c(C)c32)c1. The summed E-state index contributed by atoms with van der Waals surface area (Å²) >= 11 is 0. The Morgan fingerprint density at radius 1 is 1.31 bits per heavy atom. The predicted molar refractivity (Wildman–Crippen MR) is 93.8 cm³/mol. The predicted octanol–water partition coefficient (Wildman–Crippen LogP) is 3.17. The summed E-state index contributed by atoms with van der Waals surface area (Å²) in [5.41, 5.74) is 8.08. The number of allylic oxidation sites excluding steroid dienone is 1. The van der Waals surface area contributed by atoms with Gasteiger partial charge in [-0.25, -0.2) is 4.85 Å².